The van der Waals surface area contributed by atoms with Gasteiger partial charge in [-0.05, 0) is 61.8 Å². The van der Waals surface area contributed by atoms with Crippen molar-refractivity contribution >= 4 is 11.5 Å². The highest BCUT2D eigenvalue weighted by Gasteiger charge is 2.38. The first kappa shape index (κ1) is 19.7. The van der Waals surface area contributed by atoms with E-state index in [0.29, 0.717) is 24.5 Å². The average Bonchev–Trinajstić information content (AvgIpc) is 3.26. The first-order chi connectivity index (χ1) is 14.2. The second-order valence-corrected chi connectivity index (χ2v) is 7.63. The normalized spacial score (nSPS) is 24.3. The van der Waals surface area contributed by atoms with Crippen LogP contribution in [0.3, 0.4) is 0 Å². The summed E-state index contributed by atoms with van der Waals surface area (Å²) in [5, 5.41) is 0. The van der Waals surface area contributed by atoms with Gasteiger partial charge in [-0.1, -0.05) is 0 Å². The maximum absolute atomic E-state index is 12.8. The Hall–Kier alpha value is -2.60. The summed E-state index contributed by atoms with van der Waals surface area (Å²) in [7, 11) is 3.18. The Kier molecular flexibility index (Phi) is 6.00. The minimum atomic E-state index is -0.365. The van der Waals surface area contributed by atoms with Gasteiger partial charge in [0.25, 0.3) is 0 Å². The van der Waals surface area contributed by atoms with Crippen molar-refractivity contribution < 1.29 is 19.0 Å². The quantitative estimate of drug-likeness (QED) is 0.709. The van der Waals surface area contributed by atoms with Crippen molar-refractivity contribution in [2.75, 3.05) is 40.5 Å². The second kappa shape index (κ2) is 8.82. The Morgan fingerprint density at radius 1 is 1.10 bits per heavy atom. The molecule has 6 nitrogen and oxygen atoms in total. The number of allylic oxidation sites excluding steroid dienone is 1. The Bertz CT molecular complexity index is 835. The lowest BCUT2D eigenvalue weighted by molar-refractivity contribution is -0.122. The van der Waals surface area contributed by atoms with Crippen LogP contribution < -0.4 is 4.74 Å². The first-order valence-electron chi connectivity index (χ1n) is 10.2. The van der Waals surface area contributed by atoms with Crippen LogP contribution in [0, 0.1) is 5.92 Å². The fourth-order valence-corrected chi connectivity index (χ4v) is 4.20. The molecular formula is C23H28N2O4. The van der Waals surface area contributed by atoms with Crippen LogP contribution in [0.5, 0.6) is 5.75 Å². The average molecular weight is 396 g/mol. The summed E-state index contributed by atoms with van der Waals surface area (Å²) in [6.45, 7) is 4.02. The van der Waals surface area contributed by atoms with Gasteiger partial charge >= 0.3 is 0 Å². The largest absolute Gasteiger partial charge is 0.500 e. The number of likely N-dealkylation sites (tertiary alicyclic amines) is 1. The van der Waals surface area contributed by atoms with Crippen LogP contribution in [0.2, 0.25) is 0 Å². The van der Waals surface area contributed by atoms with Crippen LogP contribution in [0.4, 0.5) is 0 Å². The number of benzene rings is 1. The molecule has 2 unspecified atom stereocenters. The zero-order chi connectivity index (χ0) is 20.2. The van der Waals surface area contributed by atoms with Gasteiger partial charge in [0, 0.05) is 19.0 Å². The zero-order valence-electron chi connectivity index (χ0n) is 17.1. The molecule has 2 atom stereocenters. The van der Waals surface area contributed by atoms with Crippen molar-refractivity contribution in [3.63, 3.8) is 0 Å². The first-order valence-corrected chi connectivity index (χ1v) is 10.2. The van der Waals surface area contributed by atoms with E-state index >= 15 is 0 Å². The van der Waals surface area contributed by atoms with Crippen molar-refractivity contribution in [2.24, 2.45) is 10.9 Å². The third-order valence-corrected chi connectivity index (χ3v) is 5.79. The van der Waals surface area contributed by atoms with E-state index < -0.39 is 0 Å². The molecule has 1 fully saturated rings. The smallest absolute Gasteiger partial charge is 0.151 e. The van der Waals surface area contributed by atoms with Crippen molar-refractivity contribution in [3.05, 3.63) is 53.5 Å². The summed E-state index contributed by atoms with van der Waals surface area (Å²) in [6, 6.07) is 7.58. The van der Waals surface area contributed by atoms with Crippen LogP contribution in [0.25, 0.3) is 0 Å². The van der Waals surface area contributed by atoms with E-state index in [9.17, 15) is 4.79 Å². The van der Waals surface area contributed by atoms with Gasteiger partial charge in [-0.25, -0.2) is 0 Å². The van der Waals surface area contributed by atoms with E-state index in [2.05, 4.69) is 4.90 Å². The van der Waals surface area contributed by atoms with Crippen LogP contribution in [-0.2, 0) is 14.3 Å². The van der Waals surface area contributed by atoms with E-state index in [4.69, 9.17) is 19.2 Å². The molecule has 0 amide bonds. The summed E-state index contributed by atoms with van der Waals surface area (Å²) in [5.74, 6) is 1.88. The number of nitrogens with zero attached hydrogens (tertiary/aromatic N) is 2. The number of aliphatic imine (C=N–C) groups is 1. The number of ether oxygens (including phenoxy) is 3. The molecule has 0 saturated carbocycles. The number of fused-ring (bicyclic) bond motifs is 1. The van der Waals surface area contributed by atoms with Gasteiger partial charge in [-0.3, -0.25) is 14.7 Å². The molecule has 2 aliphatic heterocycles. The summed E-state index contributed by atoms with van der Waals surface area (Å²) in [6.07, 6.45) is 6.54. The molecule has 6 heteroatoms. The van der Waals surface area contributed by atoms with Crippen molar-refractivity contribution in [1.29, 1.82) is 0 Å². The molecule has 0 bridgehead atoms. The Morgan fingerprint density at radius 2 is 1.86 bits per heavy atom. The highest BCUT2D eigenvalue weighted by atomic mass is 16.5. The van der Waals surface area contributed by atoms with Gasteiger partial charge in [0.1, 0.15) is 29.8 Å². The van der Waals surface area contributed by atoms with Crippen molar-refractivity contribution in [3.8, 4) is 5.75 Å². The molecule has 0 aromatic heterocycles. The van der Waals surface area contributed by atoms with Gasteiger partial charge < -0.3 is 14.2 Å². The fourth-order valence-electron chi connectivity index (χ4n) is 4.20. The molecule has 4 rings (SSSR count). The summed E-state index contributed by atoms with van der Waals surface area (Å²) in [5.41, 5.74) is 1.74. The van der Waals surface area contributed by atoms with Gasteiger partial charge in [0.2, 0.25) is 0 Å². The lowest BCUT2D eigenvalue weighted by Gasteiger charge is -2.30. The molecule has 0 spiro atoms. The standard InChI is InChI=1S/C23H28N2O4/c1-27-18-13-20-23(22(14-18)28-2)21(26)15-19(24-20)16-5-7-17(8-6-16)29-12-11-25-9-3-4-10-25/h5-8,13-14,20,23H,3-4,9-12,15H2,1-2H3. The number of rotatable bonds is 7. The summed E-state index contributed by atoms with van der Waals surface area (Å²) in [4.78, 5) is 20.1. The van der Waals surface area contributed by atoms with E-state index in [1.165, 1.54) is 25.9 Å². The predicted molar refractivity (Wildman–Crippen MR) is 111 cm³/mol. The zero-order valence-corrected chi connectivity index (χ0v) is 17.1. The Balaban J connectivity index is 1.44. The molecule has 1 saturated heterocycles. The molecule has 154 valence electrons. The van der Waals surface area contributed by atoms with Gasteiger partial charge in [0.05, 0.1) is 26.0 Å². The molecule has 3 aliphatic rings. The number of ketones is 1. The Labute approximate surface area is 171 Å². The molecule has 1 aromatic carbocycles. The van der Waals surface area contributed by atoms with E-state index in [1.54, 1.807) is 20.3 Å². The van der Waals surface area contributed by atoms with E-state index in [1.807, 2.05) is 30.3 Å². The molecular weight excluding hydrogens is 368 g/mol. The van der Waals surface area contributed by atoms with Gasteiger partial charge in [-0.15, -0.1) is 0 Å². The van der Waals surface area contributed by atoms with Crippen LogP contribution in [-0.4, -0.2) is 62.9 Å². The monoisotopic (exact) mass is 396 g/mol. The summed E-state index contributed by atoms with van der Waals surface area (Å²) < 4.78 is 16.6. The van der Waals surface area contributed by atoms with E-state index in [0.717, 1.165) is 23.6 Å². The third kappa shape index (κ3) is 4.37. The van der Waals surface area contributed by atoms with Crippen molar-refractivity contribution in [2.45, 2.75) is 25.3 Å². The Morgan fingerprint density at radius 3 is 2.55 bits per heavy atom. The number of methoxy groups -OCH3 is 2. The SMILES string of the molecule is COC1=CC2N=C(c3ccc(OCCN4CCCC4)cc3)CC(=O)C2C(OC)=C1. The molecule has 0 N–H and O–H groups in total. The molecule has 0 radical (unpaired) electrons. The number of carbonyl (C=O) groups is 1. The number of hydrogen-bond donors (Lipinski definition) is 0. The lowest BCUT2D eigenvalue weighted by atomic mass is 9.83. The van der Waals surface area contributed by atoms with Crippen molar-refractivity contribution in [1.82, 2.24) is 4.90 Å². The number of Topliss-reactive ketones (excluding diaryl/α,β-unsaturated/α-hetero) is 1. The minimum Gasteiger partial charge on any atom is -0.500 e. The topological polar surface area (TPSA) is 60.4 Å². The maximum atomic E-state index is 12.8. The summed E-state index contributed by atoms with van der Waals surface area (Å²) >= 11 is 0. The lowest BCUT2D eigenvalue weighted by Crippen LogP contribution is -2.37. The highest BCUT2D eigenvalue weighted by Crippen LogP contribution is 2.33. The molecule has 1 aromatic rings. The van der Waals surface area contributed by atoms with E-state index in [-0.39, 0.29) is 17.7 Å². The fraction of sp³-hybridized carbons (Fsp3) is 0.478. The highest BCUT2D eigenvalue weighted by molar-refractivity contribution is 6.14. The number of carbonyl (C=O) groups excluding carboxylic acids is 1. The molecule has 29 heavy (non-hydrogen) atoms. The number of hydrogen-bond acceptors (Lipinski definition) is 6. The van der Waals surface area contributed by atoms with Crippen LogP contribution >= 0.6 is 0 Å². The van der Waals surface area contributed by atoms with Gasteiger partial charge in [0.15, 0.2) is 5.78 Å². The third-order valence-electron chi connectivity index (χ3n) is 5.79. The molecule has 2 heterocycles. The minimum absolute atomic E-state index is 0.116. The maximum Gasteiger partial charge on any atom is 0.151 e. The van der Waals surface area contributed by atoms with Crippen LogP contribution in [0.15, 0.2) is 52.9 Å². The second-order valence-electron chi connectivity index (χ2n) is 7.63. The molecule has 1 aliphatic carbocycles. The van der Waals surface area contributed by atoms with Crippen LogP contribution in [0.1, 0.15) is 24.8 Å². The predicted octanol–water partition coefficient (Wildman–Crippen LogP) is 2.98. The van der Waals surface area contributed by atoms with Gasteiger partial charge in [-0.2, -0.15) is 0 Å².